The van der Waals surface area contributed by atoms with E-state index in [-0.39, 0.29) is 0 Å². The van der Waals surface area contributed by atoms with Crippen LogP contribution in [0.25, 0.3) is 11.0 Å². The lowest BCUT2D eigenvalue weighted by molar-refractivity contribution is -0.308. The average molecular weight is 360 g/mol. The molecule has 0 aliphatic carbocycles. The van der Waals surface area contributed by atoms with Crippen molar-refractivity contribution in [3.8, 4) is 5.75 Å². The minimum atomic E-state index is -1.32. The molecule has 0 spiro atoms. The van der Waals surface area contributed by atoms with Gasteiger partial charge in [0.25, 0.3) is 5.91 Å². The number of fused-ring (bicyclic) bond motifs is 1. The second-order valence-electron chi connectivity index (χ2n) is 6.19. The largest absolute Gasteiger partial charge is 0.548 e. The highest BCUT2D eigenvalue weighted by Gasteiger charge is 2.20. The Morgan fingerprint density at radius 3 is 2.69 bits per heavy atom. The third-order valence-electron chi connectivity index (χ3n) is 4.05. The molecule has 1 amide bonds. The van der Waals surface area contributed by atoms with E-state index in [1.165, 1.54) is 19.1 Å². The fraction of sp³-hybridized carbons (Fsp3) is 0.421. The maximum absolute atomic E-state index is 12.2. The van der Waals surface area contributed by atoms with Crippen molar-refractivity contribution in [2.24, 2.45) is 0 Å². The summed E-state index contributed by atoms with van der Waals surface area (Å²) in [5, 5.41) is 14.3. The lowest BCUT2D eigenvalue weighted by Crippen LogP contribution is -2.51. The highest BCUT2D eigenvalue weighted by Crippen LogP contribution is 2.23. The molecule has 0 aliphatic heterocycles. The smallest absolute Gasteiger partial charge is 0.336 e. The number of carbonyl (C=O) groups excluding carboxylic acids is 2. The maximum Gasteiger partial charge on any atom is 0.336 e. The first-order valence-corrected chi connectivity index (χ1v) is 8.54. The van der Waals surface area contributed by atoms with E-state index in [4.69, 9.17) is 9.15 Å². The van der Waals surface area contributed by atoms with E-state index in [1.54, 1.807) is 19.1 Å². The van der Waals surface area contributed by atoms with Crippen LogP contribution in [0.15, 0.2) is 33.5 Å². The van der Waals surface area contributed by atoms with Crippen LogP contribution < -0.4 is 20.8 Å². The van der Waals surface area contributed by atoms with Gasteiger partial charge in [-0.15, -0.1) is 0 Å². The van der Waals surface area contributed by atoms with Gasteiger partial charge < -0.3 is 24.4 Å². The number of carboxylic acids is 1. The van der Waals surface area contributed by atoms with Gasteiger partial charge in [-0.3, -0.25) is 4.79 Å². The van der Waals surface area contributed by atoms with Gasteiger partial charge in [-0.25, -0.2) is 4.79 Å². The summed E-state index contributed by atoms with van der Waals surface area (Å²) in [6.45, 7) is 5.24. The van der Waals surface area contributed by atoms with Crippen molar-refractivity contribution in [1.82, 2.24) is 5.32 Å². The average Bonchev–Trinajstić information content (AvgIpc) is 2.57. The highest BCUT2D eigenvalue weighted by atomic mass is 16.5. The molecule has 1 N–H and O–H groups in total. The van der Waals surface area contributed by atoms with Crippen molar-refractivity contribution in [2.75, 3.05) is 0 Å². The normalized spacial score (nSPS) is 13.2. The second kappa shape index (κ2) is 8.51. The van der Waals surface area contributed by atoms with Crippen molar-refractivity contribution in [2.45, 2.75) is 52.2 Å². The van der Waals surface area contributed by atoms with E-state index in [0.29, 0.717) is 24.2 Å². The standard InChI is InChI=1S/C19H23NO6/c1-4-5-6-15(19(23)24)20-18(22)12(3)25-13-7-8-14-11(2)9-17(21)26-16(14)10-13/h7-10,12,15H,4-6H2,1-3H3,(H,20,22)(H,23,24)/p-1/t12-,15+/m1/s1. The molecule has 140 valence electrons. The summed E-state index contributed by atoms with van der Waals surface area (Å²) in [6, 6.07) is 5.27. The molecule has 0 saturated carbocycles. The monoisotopic (exact) mass is 360 g/mol. The predicted octanol–water partition coefficient (Wildman–Crippen LogP) is 1.29. The van der Waals surface area contributed by atoms with Crippen LogP contribution in [-0.2, 0) is 9.59 Å². The van der Waals surface area contributed by atoms with Crippen molar-refractivity contribution >= 4 is 22.8 Å². The van der Waals surface area contributed by atoms with E-state index >= 15 is 0 Å². The summed E-state index contributed by atoms with van der Waals surface area (Å²) >= 11 is 0. The first kappa shape index (κ1) is 19.5. The summed E-state index contributed by atoms with van der Waals surface area (Å²) in [5.41, 5.74) is 0.669. The van der Waals surface area contributed by atoms with Gasteiger partial charge in [0, 0.05) is 17.5 Å². The summed E-state index contributed by atoms with van der Waals surface area (Å²) in [6.07, 6.45) is 0.856. The number of hydrogen-bond donors (Lipinski definition) is 1. The molecule has 2 rings (SSSR count). The highest BCUT2D eigenvalue weighted by molar-refractivity contribution is 5.86. The Hall–Kier alpha value is -2.83. The third-order valence-corrected chi connectivity index (χ3v) is 4.05. The van der Waals surface area contributed by atoms with E-state index in [1.807, 2.05) is 6.92 Å². The van der Waals surface area contributed by atoms with E-state index in [2.05, 4.69) is 5.32 Å². The molecule has 2 atom stereocenters. The Kier molecular flexibility index (Phi) is 6.38. The number of nitrogens with one attached hydrogen (secondary N) is 1. The molecule has 0 unspecified atom stereocenters. The van der Waals surface area contributed by atoms with Crippen LogP contribution in [0.1, 0.15) is 38.7 Å². The van der Waals surface area contributed by atoms with Crippen LogP contribution in [0, 0.1) is 6.92 Å². The lowest BCUT2D eigenvalue weighted by Gasteiger charge is -2.22. The number of hydrogen-bond acceptors (Lipinski definition) is 6. The topological polar surface area (TPSA) is 109 Å². The second-order valence-corrected chi connectivity index (χ2v) is 6.19. The number of benzene rings is 1. The Morgan fingerprint density at radius 2 is 2.04 bits per heavy atom. The van der Waals surface area contributed by atoms with Crippen LogP contribution in [0.4, 0.5) is 0 Å². The number of rotatable bonds is 8. The van der Waals surface area contributed by atoms with Crippen molar-refractivity contribution in [3.63, 3.8) is 0 Å². The zero-order chi connectivity index (χ0) is 19.3. The summed E-state index contributed by atoms with van der Waals surface area (Å²) < 4.78 is 10.7. The van der Waals surface area contributed by atoms with Gasteiger partial charge in [0.1, 0.15) is 11.3 Å². The minimum absolute atomic E-state index is 0.303. The zero-order valence-electron chi connectivity index (χ0n) is 15.0. The quantitative estimate of drug-likeness (QED) is 0.711. The molecule has 0 bridgehead atoms. The molecule has 1 aromatic carbocycles. The number of unbranched alkanes of at least 4 members (excludes halogenated alkanes) is 1. The molecule has 26 heavy (non-hydrogen) atoms. The first-order valence-electron chi connectivity index (χ1n) is 8.54. The van der Waals surface area contributed by atoms with Gasteiger partial charge in [-0.05, 0) is 38.0 Å². The van der Waals surface area contributed by atoms with Crippen LogP contribution in [-0.4, -0.2) is 24.0 Å². The predicted molar refractivity (Wildman–Crippen MR) is 93.8 cm³/mol. The van der Waals surface area contributed by atoms with Crippen LogP contribution >= 0.6 is 0 Å². The Labute approximate surface area is 151 Å². The molecule has 7 nitrogen and oxygen atoms in total. The molecule has 2 aromatic rings. The number of carbonyl (C=O) groups is 2. The lowest BCUT2D eigenvalue weighted by atomic mass is 10.1. The van der Waals surface area contributed by atoms with E-state index in [0.717, 1.165) is 17.4 Å². The zero-order valence-corrected chi connectivity index (χ0v) is 15.0. The third kappa shape index (κ3) is 4.84. The summed E-state index contributed by atoms with van der Waals surface area (Å²) in [4.78, 5) is 34.8. The number of ether oxygens (including phenoxy) is 1. The van der Waals surface area contributed by atoms with Gasteiger partial charge in [0.2, 0.25) is 0 Å². The molecule has 1 heterocycles. The molecule has 7 heteroatoms. The van der Waals surface area contributed by atoms with Crippen molar-refractivity contribution < 1.29 is 23.8 Å². The molecule has 0 aliphatic rings. The Bertz CT molecular complexity index is 857. The van der Waals surface area contributed by atoms with Gasteiger partial charge in [-0.2, -0.15) is 0 Å². The SMILES string of the molecule is CCCC[C@H](NC(=O)[C@@H](C)Oc1ccc2c(C)cc(=O)oc2c1)C(=O)[O-]. The van der Waals surface area contributed by atoms with E-state index in [9.17, 15) is 19.5 Å². The van der Waals surface area contributed by atoms with E-state index < -0.39 is 29.6 Å². The number of aryl methyl sites for hydroxylation is 1. The number of aliphatic carboxylic acids is 1. The van der Waals surface area contributed by atoms with Crippen molar-refractivity contribution in [1.29, 1.82) is 0 Å². The molecule has 0 fully saturated rings. The number of carboxylic acid groups (broad SMARTS) is 1. The molecule has 0 saturated heterocycles. The molecular weight excluding hydrogens is 338 g/mol. The van der Waals surface area contributed by atoms with Gasteiger partial charge in [-0.1, -0.05) is 19.8 Å². The fourth-order valence-corrected chi connectivity index (χ4v) is 2.58. The Morgan fingerprint density at radius 1 is 1.31 bits per heavy atom. The summed E-state index contributed by atoms with van der Waals surface area (Å²) in [5.74, 6) is -1.53. The van der Waals surface area contributed by atoms with Crippen LogP contribution in [0.3, 0.4) is 0 Å². The van der Waals surface area contributed by atoms with Gasteiger partial charge in [0.05, 0.1) is 12.0 Å². The fourth-order valence-electron chi connectivity index (χ4n) is 2.58. The number of amides is 1. The maximum atomic E-state index is 12.2. The first-order chi connectivity index (χ1) is 12.3. The minimum Gasteiger partial charge on any atom is -0.548 e. The molecule has 1 aromatic heterocycles. The summed E-state index contributed by atoms with van der Waals surface area (Å²) in [7, 11) is 0. The van der Waals surface area contributed by atoms with Crippen LogP contribution in [0.5, 0.6) is 5.75 Å². The Balaban J connectivity index is 2.09. The van der Waals surface area contributed by atoms with Gasteiger partial charge in [0.15, 0.2) is 6.10 Å². The molecular formula is C19H22NO6-. The van der Waals surface area contributed by atoms with Gasteiger partial charge >= 0.3 is 5.63 Å². The van der Waals surface area contributed by atoms with Crippen molar-refractivity contribution in [3.05, 3.63) is 40.2 Å². The molecule has 0 radical (unpaired) electrons. The van der Waals surface area contributed by atoms with Crippen LogP contribution in [0.2, 0.25) is 0 Å².